The number of rotatable bonds is 6. The van der Waals surface area contributed by atoms with Gasteiger partial charge in [0.25, 0.3) is 10.0 Å². The Hall–Kier alpha value is -2.28. The minimum atomic E-state index is -3.74. The molecule has 0 unspecified atom stereocenters. The monoisotopic (exact) mass is 527 g/mol. The van der Waals surface area contributed by atoms with Crippen LogP contribution >= 0.6 is 39.7 Å². The molecule has 3 aromatic heterocycles. The lowest BCUT2D eigenvalue weighted by Gasteiger charge is -2.07. The highest BCUT2D eigenvalue weighted by molar-refractivity contribution is 8.93. The highest BCUT2D eigenvalue weighted by Gasteiger charge is 2.16. The first kappa shape index (κ1) is 22.4. The molecule has 0 amide bonds. The molecule has 3 heterocycles. The summed E-state index contributed by atoms with van der Waals surface area (Å²) in [6.45, 7) is 5.63. The van der Waals surface area contributed by atoms with Gasteiger partial charge in [-0.15, -0.1) is 39.7 Å². The smallest absolute Gasteiger partial charge is 0.263 e. The molecular formula is C18H18BrN5O3S3. The zero-order chi connectivity index (χ0) is 20.6. The Balaban J connectivity index is 0.00000256. The van der Waals surface area contributed by atoms with Crippen LogP contribution in [0, 0.1) is 20.8 Å². The van der Waals surface area contributed by atoms with Crippen LogP contribution < -0.4 is 10.0 Å². The number of nitrogens with one attached hydrogen (secondary N) is 2. The van der Waals surface area contributed by atoms with Gasteiger partial charge in [0.15, 0.2) is 10.9 Å². The van der Waals surface area contributed by atoms with E-state index in [4.69, 9.17) is 4.52 Å². The Kier molecular flexibility index (Phi) is 6.60. The predicted molar refractivity (Wildman–Crippen MR) is 125 cm³/mol. The lowest BCUT2D eigenvalue weighted by Crippen LogP contribution is -2.13. The Morgan fingerprint density at radius 1 is 1.07 bits per heavy atom. The van der Waals surface area contributed by atoms with Crippen LogP contribution in [0.4, 0.5) is 16.6 Å². The third kappa shape index (κ3) is 4.89. The van der Waals surface area contributed by atoms with Gasteiger partial charge >= 0.3 is 0 Å². The summed E-state index contributed by atoms with van der Waals surface area (Å²) < 4.78 is 32.2. The second-order valence-corrected chi connectivity index (χ2v) is 10.0. The summed E-state index contributed by atoms with van der Waals surface area (Å²) in [7, 11) is -3.74. The molecule has 0 radical (unpaired) electrons. The quantitative estimate of drug-likeness (QED) is 0.349. The first-order valence-electron chi connectivity index (χ1n) is 8.53. The Morgan fingerprint density at radius 2 is 1.80 bits per heavy atom. The van der Waals surface area contributed by atoms with Crippen LogP contribution in [0.2, 0.25) is 0 Å². The van der Waals surface area contributed by atoms with E-state index in [1.165, 1.54) is 29.5 Å². The van der Waals surface area contributed by atoms with Gasteiger partial charge < -0.3 is 9.84 Å². The minimum absolute atomic E-state index is 0. The molecule has 0 aliphatic carbocycles. The van der Waals surface area contributed by atoms with E-state index in [1.807, 2.05) is 19.2 Å². The van der Waals surface area contributed by atoms with Gasteiger partial charge in [-0.3, -0.25) is 4.72 Å². The van der Waals surface area contributed by atoms with Crippen LogP contribution in [0.15, 0.2) is 45.1 Å². The number of halogens is 1. The molecule has 0 atom stereocenters. The third-order valence-electron chi connectivity index (χ3n) is 3.92. The van der Waals surface area contributed by atoms with E-state index in [1.54, 1.807) is 30.4 Å². The number of hydrogen-bond donors (Lipinski definition) is 2. The van der Waals surface area contributed by atoms with Crippen molar-refractivity contribution in [1.82, 2.24) is 15.1 Å². The number of aromatic nitrogens is 3. The molecule has 30 heavy (non-hydrogen) atoms. The predicted octanol–water partition coefficient (Wildman–Crippen LogP) is 5.30. The van der Waals surface area contributed by atoms with Crippen LogP contribution in [-0.4, -0.2) is 23.5 Å². The SMILES string of the molecule is Br.Cc1cc(NS(=O)(=O)c2ccc(Nc3nc(-c4sc(C)nc4C)cs3)cc2)no1. The van der Waals surface area contributed by atoms with Crippen LogP contribution in [0.5, 0.6) is 0 Å². The van der Waals surface area contributed by atoms with E-state index in [0.29, 0.717) is 5.76 Å². The van der Waals surface area contributed by atoms with Crippen molar-refractivity contribution >= 4 is 66.3 Å². The number of thiazole rings is 2. The van der Waals surface area contributed by atoms with E-state index in [9.17, 15) is 8.42 Å². The number of hydrogen-bond acceptors (Lipinski definition) is 9. The second-order valence-electron chi connectivity index (χ2n) is 6.26. The number of benzene rings is 1. The van der Waals surface area contributed by atoms with Crippen molar-refractivity contribution in [3.8, 4) is 10.6 Å². The summed E-state index contributed by atoms with van der Waals surface area (Å²) >= 11 is 3.09. The first-order chi connectivity index (χ1) is 13.8. The number of anilines is 3. The highest BCUT2D eigenvalue weighted by atomic mass is 79.9. The lowest BCUT2D eigenvalue weighted by molar-refractivity contribution is 0.400. The average Bonchev–Trinajstić information content (AvgIpc) is 3.36. The summed E-state index contributed by atoms with van der Waals surface area (Å²) in [6, 6.07) is 7.92. The van der Waals surface area contributed by atoms with Gasteiger partial charge in [0.2, 0.25) is 0 Å². The molecule has 8 nitrogen and oxygen atoms in total. The minimum Gasteiger partial charge on any atom is -0.360 e. The molecule has 12 heteroatoms. The Bertz CT molecular complexity index is 1260. The summed E-state index contributed by atoms with van der Waals surface area (Å²) in [5.41, 5.74) is 2.58. The fraction of sp³-hybridized carbons (Fsp3) is 0.167. The molecule has 1 aromatic carbocycles. The number of sulfonamides is 1. The van der Waals surface area contributed by atoms with Crippen molar-refractivity contribution in [1.29, 1.82) is 0 Å². The van der Waals surface area contributed by atoms with Crippen LogP contribution in [-0.2, 0) is 10.0 Å². The zero-order valence-corrected chi connectivity index (χ0v) is 20.3. The molecule has 0 saturated heterocycles. The van der Waals surface area contributed by atoms with Gasteiger partial charge in [-0.05, 0) is 45.0 Å². The van der Waals surface area contributed by atoms with E-state index >= 15 is 0 Å². The highest BCUT2D eigenvalue weighted by Crippen LogP contribution is 2.33. The fourth-order valence-electron chi connectivity index (χ4n) is 2.66. The molecule has 4 aromatic rings. The number of nitrogens with zero attached hydrogens (tertiary/aromatic N) is 3. The topological polar surface area (TPSA) is 110 Å². The van der Waals surface area contributed by atoms with Gasteiger partial charge in [0, 0.05) is 17.1 Å². The maximum atomic E-state index is 12.4. The van der Waals surface area contributed by atoms with Crippen LogP contribution in [0.25, 0.3) is 10.6 Å². The second kappa shape index (κ2) is 8.84. The molecule has 0 spiro atoms. The first-order valence-corrected chi connectivity index (χ1v) is 11.7. The van der Waals surface area contributed by atoms with Gasteiger partial charge in [-0.2, -0.15) is 0 Å². The summed E-state index contributed by atoms with van der Waals surface area (Å²) in [5.74, 6) is 0.669. The van der Waals surface area contributed by atoms with Crippen molar-refractivity contribution < 1.29 is 12.9 Å². The van der Waals surface area contributed by atoms with Crippen molar-refractivity contribution in [2.75, 3.05) is 10.0 Å². The molecule has 0 aliphatic rings. The van der Waals surface area contributed by atoms with Gasteiger partial charge in [0.05, 0.1) is 26.2 Å². The molecule has 0 bridgehead atoms. The van der Waals surface area contributed by atoms with E-state index in [-0.39, 0.29) is 27.7 Å². The largest absolute Gasteiger partial charge is 0.360 e. The maximum Gasteiger partial charge on any atom is 0.263 e. The normalized spacial score (nSPS) is 11.2. The van der Waals surface area contributed by atoms with Crippen LogP contribution in [0.1, 0.15) is 16.5 Å². The summed E-state index contributed by atoms with van der Waals surface area (Å²) in [4.78, 5) is 10.2. The van der Waals surface area contributed by atoms with Gasteiger partial charge in [-0.25, -0.2) is 18.4 Å². The summed E-state index contributed by atoms with van der Waals surface area (Å²) in [6.07, 6.45) is 0. The van der Waals surface area contributed by atoms with Crippen molar-refractivity contribution in [3.05, 3.63) is 52.2 Å². The van der Waals surface area contributed by atoms with E-state index in [2.05, 4.69) is 25.2 Å². The standard InChI is InChI=1S/C18H17N5O3S3.BrH/c1-10-8-16(22-26-10)23-29(24,25)14-6-4-13(5-7-14)20-18-21-15(9-27-18)17-11(2)19-12(3)28-17;/h4-9H,1-3H3,(H,20,21)(H,22,23);1H. The Labute approximate surface area is 192 Å². The molecule has 158 valence electrons. The fourth-order valence-corrected chi connectivity index (χ4v) is 5.32. The van der Waals surface area contributed by atoms with Crippen molar-refractivity contribution in [2.24, 2.45) is 0 Å². The van der Waals surface area contributed by atoms with Crippen LogP contribution in [0.3, 0.4) is 0 Å². The maximum absolute atomic E-state index is 12.4. The summed E-state index contributed by atoms with van der Waals surface area (Å²) in [5, 5.41) is 10.6. The Morgan fingerprint density at radius 3 is 2.40 bits per heavy atom. The van der Waals surface area contributed by atoms with E-state index in [0.717, 1.165) is 32.1 Å². The van der Waals surface area contributed by atoms with Crippen molar-refractivity contribution in [3.63, 3.8) is 0 Å². The van der Waals surface area contributed by atoms with E-state index < -0.39 is 10.0 Å². The molecule has 0 fully saturated rings. The molecule has 0 saturated carbocycles. The average molecular weight is 528 g/mol. The lowest BCUT2D eigenvalue weighted by atomic mass is 10.3. The zero-order valence-electron chi connectivity index (χ0n) is 16.2. The molecule has 4 rings (SSSR count). The molecule has 0 aliphatic heterocycles. The number of aryl methyl sites for hydroxylation is 3. The molecule has 2 N–H and O–H groups in total. The van der Waals surface area contributed by atoms with Gasteiger partial charge in [-0.1, -0.05) is 5.16 Å². The van der Waals surface area contributed by atoms with Crippen molar-refractivity contribution in [2.45, 2.75) is 25.7 Å². The third-order valence-corrected chi connectivity index (χ3v) is 7.15. The molecular weight excluding hydrogens is 510 g/mol. The van der Waals surface area contributed by atoms with Gasteiger partial charge in [0.1, 0.15) is 5.76 Å².